The molecule has 50 heavy (non-hydrogen) atoms. The van der Waals surface area contributed by atoms with Crippen molar-refractivity contribution in [2.45, 2.75) is 17.8 Å². The van der Waals surface area contributed by atoms with Gasteiger partial charge in [0.15, 0.2) is 0 Å². The zero-order valence-corrected chi connectivity index (χ0v) is 27.8. The highest BCUT2D eigenvalue weighted by Crippen LogP contribution is 2.59. The van der Waals surface area contributed by atoms with Crippen molar-refractivity contribution in [1.29, 1.82) is 0 Å². The number of benzene rings is 8. The van der Waals surface area contributed by atoms with Crippen LogP contribution in [-0.2, 0) is 10.8 Å². The smallest absolute Gasteiger partial charge is 0.139 e. The molecule has 10 rings (SSSR count). The molecule has 0 saturated carbocycles. The molecule has 0 saturated heterocycles. The molecule has 2 aliphatic rings. The minimum Gasteiger partial charge on any atom is -0.456 e. The molecule has 1 heterocycles. The van der Waals surface area contributed by atoms with E-state index in [0.717, 1.165) is 22.6 Å². The maximum Gasteiger partial charge on any atom is 0.139 e. The van der Waals surface area contributed by atoms with Gasteiger partial charge in [0.2, 0.25) is 0 Å². The molecule has 1 nitrogen and oxygen atoms in total. The highest BCUT2D eigenvalue weighted by atomic mass is 16.5. The number of hydrogen-bond donors (Lipinski definition) is 0. The molecule has 0 fully saturated rings. The molecule has 8 aromatic rings. The molecular weight excluding hydrogens is 605 g/mol. The van der Waals surface area contributed by atoms with Crippen molar-refractivity contribution >= 4 is 10.8 Å². The predicted octanol–water partition coefficient (Wildman–Crippen LogP) is 12.3. The first kappa shape index (κ1) is 28.8. The summed E-state index contributed by atoms with van der Waals surface area (Å²) in [5.41, 5.74) is 12.7. The molecule has 0 radical (unpaired) electrons. The monoisotopic (exact) mass is 638 g/mol. The quantitative estimate of drug-likeness (QED) is 0.186. The minimum atomic E-state index is -0.523. The number of hydrogen-bond acceptors (Lipinski definition) is 1. The summed E-state index contributed by atoms with van der Waals surface area (Å²) in [6.45, 7) is 2.34. The molecule has 0 bridgehead atoms. The lowest BCUT2D eigenvalue weighted by Gasteiger charge is -2.39. The van der Waals surface area contributed by atoms with Gasteiger partial charge in [-0.2, -0.15) is 0 Å². The Balaban J connectivity index is 1.26. The van der Waals surface area contributed by atoms with Crippen LogP contribution in [0.3, 0.4) is 0 Å². The maximum atomic E-state index is 6.93. The van der Waals surface area contributed by atoms with Gasteiger partial charge in [0.25, 0.3) is 0 Å². The first-order valence-corrected chi connectivity index (χ1v) is 17.4. The fourth-order valence-electron chi connectivity index (χ4n) is 9.03. The summed E-state index contributed by atoms with van der Waals surface area (Å²) in [7, 11) is 0. The van der Waals surface area contributed by atoms with Crippen molar-refractivity contribution in [3.63, 3.8) is 0 Å². The van der Waals surface area contributed by atoms with E-state index in [2.05, 4.69) is 195 Å². The Bertz CT molecular complexity index is 2580. The van der Waals surface area contributed by atoms with Gasteiger partial charge in [0.05, 0.1) is 5.41 Å². The number of para-hydroxylation sites is 2. The average Bonchev–Trinajstić information content (AvgIpc) is 3.50. The van der Waals surface area contributed by atoms with Gasteiger partial charge >= 0.3 is 0 Å². The second-order valence-corrected chi connectivity index (χ2v) is 13.7. The van der Waals surface area contributed by atoms with Gasteiger partial charge in [0, 0.05) is 22.1 Å². The van der Waals surface area contributed by atoms with Crippen LogP contribution >= 0.6 is 0 Å². The van der Waals surface area contributed by atoms with Gasteiger partial charge in [0.1, 0.15) is 11.5 Å². The topological polar surface area (TPSA) is 9.23 Å². The lowest BCUT2D eigenvalue weighted by atomic mass is 9.66. The van der Waals surface area contributed by atoms with Crippen LogP contribution in [0.4, 0.5) is 0 Å². The van der Waals surface area contributed by atoms with Gasteiger partial charge in [-0.05, 0) is 74.3 Å². The van der Waals surface area contributed by atoms with Crippen molar-refractivity contribution in [3.05, 3.63) is 227 Å². The summed E-state index contributed by atoms with van der Waals surface area (Å²) in [6.07, 6.45) is 0. The molecule has 1 heteroatoms. The standard InChI is InChI=1S/C49H34O/c1-48(35-18-4-2-5-19-35)43-27-12-13-29-45(43)50-47-39(25-15-28-44(47)48)34-17-14-22-37(32-34)49(36-20-6-3-7-21-36)42-26-11-10-24-40(42)41-31-30-33-16-8-9-23-38(33)46(41)49/h2-32H,1H3. The van der Waals surface area contributed by atoms with Gasteiger partial charge in [-0.3, -0.25) is 0 Å². The second kappa shape index (κ2) is 10.9. The summed E-state index contributed by atoms with van der Waals surface area (Å²) < 4.78 is 6.93. The lowest BCUT2D eigenvalue weighted by molar-refractivity contribution is 0.429. The number of rotatable bonds is 4. The molecule has 236 valence electrons. The number of fused-ring (bicyclic) bond motifs is 7. The van der Waals surface area contributed by atoms with E-state index in [1.165, 1.54) is 60.8 Å². The van der Waals surface area contributed by atoms with Crippen LogP contribution in [0, 0.1) is 0 Å². The van der Waals surface area contributed by atoms with Crippen LogP contribution in [0.15, 0.2) is 188 Å². The largest absolute Gasteiger partial charge is 0.456 e. The molecular formula is C49H34O. The molecule has 2 atom stereocenters. The maximum absolute atomic E-state index is 6.93. The van der Waals surface area contributed by atoms with E-state index in [1.807, 2.05) is 0 Å². The summed E-state index contributed by atoms with van der Waals surface area (Å²) in [6, 6.07) is 68.7. The SMILES string of the molecule is CC1(c2ccccc2)c2ccccc2Oc2c(-c3cccc(C4(c5ccccc5)c5ccccc5-c5ccc6ccccc6c54)c3)cccc21. The third-order valence-corrected chi connectivity index (χ3v) is 11.3. The first-order chi connectivity index (χ1) is 24.7. The zero-order valence-electron chi connectivity index (χ0n) is 27.8. The van der Waals surface area contributed by atoms with Crippen molar-refractivity contribution in [2.75, 3.05) is 0 Å². The van der Waals surface area contributed by atoms with E-state index in [-0.39, 0.29) is 5.41 Å². The van der Waals surface area contributed by atoms with Gasteiger partial charge in [-0.25, -0.2) is 0 Å². The summed E-state index contributed by atoms with van der Waals surface area (Å²) in [5, 5.41) is 2.53. The summed E-state index contributed by atoms with van der Waals surface area (Å²) >= 11 is 0. The second-order valence-electron chi connectivity index (χ2n) is 13.7. The van der Waals surface area contributed by atoms with E-state index < -0.39 is 5.41 Å². The van der Waals surface area contributed by atoms with Crippen LogP contribution < -0.4 is 4.74 Å². The Morgan fingerprint density at radius 3 is 1.88 bits per heavy atom. The normalized spacial score (nSPS) is 18.4. The molecule has 1 aliphatic carbocycles. The Hall–Kier alpha value is -6.18. The van der Waals surface area contributed by atoms with Crippen LogP contribution in [0.1, 0.15) is 45.9 Å². The fourth-order valence-corrected chi connectivity index (χ4v) is 9.03. The van der Waals surface area contributed by atoms with Crippen molar-refractivity contribution < 1.29 is 4.74 Å². The Morgan fingerprint density at radius 1 is 0.420 bits per heavy atom. The van der Waals surface area contributed by atoms with Crippen LogP contribution in [0.5, 0.6) is 11.5 Å². The van der Waals surface area contributed by atoms with Gasteiger partial charge < -0.3 is 4.74 Å². The van der Waals surface area contributed by atoms with Gasteiger partial charge in [-0.1, -0.05) is 176 Å². The predicted molar refractivity (Wildman–Crippen MR) is 205 cm³/mol. The zero-order chi connectivity index (χ0) is 33.3. The van der Waals surface area contributed by atoms with Crippen LogP contribution in [0.25, 0.3) is 33.0 Å². The van der Waals surface area contributed by atoms with E-state index in [0.29, 0.717) is 0 Å². The molecule has 2 unspecified atom stereocenters. The third kappa shape index (κ3) is 3.89. The molecule has 1 aliphatic heterocycles. The third-order valence-electron chi connectivity index (χ3n) is 11.3. The van der Waals surface area contributed by atoms with E-state index in [4.69, 9.17) is 4.74 Å². The van der Waals surface area contributed by atoms with E-state index in [1.54, 1.807) is 0 Å². The summed E-state index contributed by atoms with van der Waals surface area (Å²) in [4.78, 5) is 0. The molecule has 0 spiro atoms. The van der Waals surface area contributed by atoms with Crippen LogP contribution in [0.2, 0.25) is 0 Å². The Kier molecular flexibility index (Phi) is 6.29. The van der Waals surface area contributed by atoms with Crippen LogP contribution in [-0.4, -0.2) is 0 Å². The van der Waals surface area contributed by atoms with Gasteiger partial charge in [-0.15, -0.1) is 0 Å². The van der Waals surface area contributed by atoms with Crippen molar-refractivity contribution in [1.82, 2.24) is 0 Å². The first-order valence-electron chi connectivity index (χ1n) is 17.4. The molecule has 0 N–H and O–H groups in total. The lowest BCUT2D eigenvalue weighted by Crippen LogP contribution is -2.29. The highest BCUT2D eigenvalue weighted by Gasteiger charge is 2.47. The minimum absolute atomic E-state index is 0.382. The highest BCUT2D eigenvalue weighted by molar-refractivity contribution is 6.00. The van der Waals surface area contributed by atoms with E-state index in [9.17, 15) is 0 Å². The van der Waals surface area contributed by atoms with E-state index >= 15 is 0 Å². The van der Waals surface area contributed by atoms with Crippen molar-refractivity contribution in [2.24, 2.45) is 0 Å². The molecule has 0 amide bonds. The average molecular weight is 639 g/mol. The fraction of sp³-hybridized carbons (Fsp3) is 0.0612. The molecule has 0 aromatic heterocycles. The Labute approximate surface area is 293 Å². The van der Waals surface area contributed by atoms with Crippen molar-refractivity contribution in [3.8, 4) is 33.8 Å². The summed E-state index contributed by atoms with van der Waals surface area (Å²) in [5.74, 6) is 1.82. The number of ether oxygens (including phenoxy) is 1. The Morgan fingerprint density at radius 2 is 1.04 bits per heavy atom. The molecule has 8 aromatic carbocycles.